The van der Waals surface area contributed by atoms with E-state index in [0.29, 0.717) is 80.8 Å². The van der Waals surface area contributed by atoms with Crippen LogP contribution in [0.2, 0.25) is 10.0 Å². The van der Waals surface area contributed by atoms with Crippen molar-refractivity contribution < 1.29 is 62.1 Å². The molecule has 2 aromatic carbocycles. The summed E-state index contributed by atoms with van der Waals surface area (Å²) in [6.45, 7) is 18.2. The van der Waals surface area contributed by atoms with Crippen LogP contribution in [0.1, 0.15) is 123 Å². The van der Waals surface area contributed by atoms with Gasteiger partial charge in [-0.05, 0) is 112 Å². The van der Waals surface area contributed by atoms with Crippen molar-refractivity contribution in [3.63, 3.8) is 0 Å². The summed E-state index contributed by atoms with van der Waals surface area (Å²) in [7, 11) is 52.8. The number of ether oxygens (including phenoxy) is 6. The second kappa shape index (κ2) is 42.1. The van der Waals surface area contributed by atoms with Gasteiger partial charge in [-0.2, -0.15) is 0 Å². The van der Waals surface area contributed by atoms with Crippen LogP contribution < -0.4 is 30.0 Å². The summed E-state index contributed by atoms with van der Waals surface area (Å²) in [5, 5.41) is 12.4. The number of carbonyl (C=O) groups excluding carboxylic acids is 5. The van der Waals surface area contributed by atoms with E-state index in [0.717, 1.165) is 25.7 Å². The van der Waals surface area contributed by atoms with E-state index in [2.05, 4.69) is 97.6 Å². The van der Waals surface area contributed by atoms with Gasteiger partial charge in [0.05, 0.1) is 83.3 Å². The highest BCUT2D eigenvalue weighted by atomic mass is 35.5. The number of methoxy groups -OCH3 is 6. The van der Waals surface area contributed by atoms with Gasteiger partial charge < -0.3 is 58.9 Å². The van der Waals surface area contributed by atoms with Gasteiger partial charge in [-0.15, -0.1) is 12.4 Å². The van der Waals surface area contributed by atoms with E-state index < -0.39 is 96.4 Å². The standard InChI is InChI=1S/C31H44ClN3O7.C22H30ClN3O6.C14H4.B14.ClH/c1-30(2,3)27(33-26(36)13-19-11-9-7-8-10-12-19)28(37)35-18-31(17-23(35)29(38)41-6)16-22(34-42-31)20-14-21(32)25(40-5)15-24(20)39-4;1-21(2,3)18(24)19(27)26-11-22(10-15(26)20(28)31-6)9-14(25-32-22)12-7-13(23)17(30-5)8-16(12)29-4;1-3-5-7-9-11-13-14-12-10-8-6-4-2;1-9(2)13(10(3)4)14(11(5)6)12(7)8;/h14-15,19,23,27H,7-13,16-18H2,1-6H3,(H,33,36);7-8,15,18H,9-11,24H2,1-6H3;1-2H2;;1H/t23-,27+,31+;15-,18+,22+;;;/m00.../s1. The van der Waals surface area contributed by atoms with E-state index in [1.54, 1.807) is 31.4 Å². The first kappa shape index (κ1) is 90.0. The Bertz CT molecular complexity index is 3800. The predicted molar refractivity (Wildman–Crippen MR) is 419 cm³/mol. The fraction of sp³-hybridized carbons (Fsp3) is 0.507. The summed E-state index contributed by atoms with van der Waals surface area (Å²) < 4.78 is 31.7. The maximum atomic E-state index is 14.2. The topological polar surface area (TPSA) is 228 Å². The molecule has 103 heavy (non-hydrogen) atoms. The Morgan fingerprint density at radius 3 is 1.24 bits per heavy atom. The van der Waals surface area contributed by atoms with Crippen LogP contribution in [0.15, 0.2) is 117 Å². The second-order valence-corrected chi connectivity index (χ2v) is 27.9. The highest BCUT2D eigenvalue weighted by Gasteiger charge is 2.57. The highest BCUT2D eigenvalue weighted by molar-refractivity contribution is 8.10. The van der Waals surface area contributed by atoms with Gasteiger partial charge in [0, 0.05) is 156 Å². The fourth-order valence-electron chi connectivity index (χ4n) is 12.2. The van der Waals surface area contributed by atoms with Gasteiger partial charge in [-0.3, -0.25) is 14.4 Å². The zero-order valence-electron chi connectivity index (χ0n) is 60.7. The largest absolute Gasteiger partial charge is 0.496 e. The first-order valence-electron chi connectivity index (χ1n) is 32.8. The van der Waals surface area contributed by atoms with Crippen molar-refractivity contribution in [2.75, 3.05) is 55.7 Å². The van der Waals surface area contributed by atoms with Crippen molar-refractivity contribution in [1.82, 2.24) is 15.1 Å². The van der Waals surface area contributed by atoms with Gasteiger partial charge in [-0.1, -0.05) is 112 Å². The Morgan fingerprint density at radius 1 is 0.583 bits per heavy atom. The molecule has 1 saturated carbocycles. The third-order valence-corrected chi connectivity index (χ3v) is 18.2. The number of nitrogens with zero attached hydrogens (tertiary/aromatic N) is 4. The Hall–Kier alpha value is -7.23. The number of esters is 2. The maximum absolute atomic E-state index is 14.2. The van der Waals surface area contributed by atoms with Gasteiger partial charge in [-0.25, -0.2) is 9.59 Å². The lowest BCUT2D eigenvalue weighted by molar-refractivity contribution is -0.153. The van der Waals surface area contributed by atoms with Crippen LogP contribution in [-0.4, -0.2) is 242 Å². The van der Waals surface area contributed by atoms with Crippen LogP contribution in [0.5, 0.6) is 23.0 Å². The molecule has 0 unspecified atom stereocenters. The van der Waals surface area contributed by atoms with Crippen molar-refractivity contribution in [2.45, 2.75) is 148 Å². The molecule has 16 radical (unpaired) electrons. The van der Waals surface area contributed by atoms with Gasteiger partial charge in [0.25, 0.3) is 0 Å². The molecule has 36 heteroatoms. The molecule has 3 amide bonds. The number of rotatable bonds is 18. The van der Waals surface area contributed by atoms with E-state index in [1.807, 2.05) is 41.5 Å². The summed E-state index contributed by atoms with van der Waals surface area (Å²) >= 11 is 12.7. The van der Waals surface area contributed by atoms with Crippen LogP contribution in [0, 0.1) is 16.7 Å². The molecule has 518 valence electrons. The van der Waals surface area contributed by atoms with E-state index in [4.69, 9.17) is 129 Å². The molecular formula is C67H79B14Cl3N6O13. The van der Waals surface area contributed by atoms with Gasteiger partial charge in [0.15, 0.2) is 11.2 Å². The molecule has 7 rings (SSSR count). The smallest absolute Gasteiger partial charge is 0.328 e. The first-order chi connectivity index (χ1) is 48.1. The normalized spacial score (nSPS) is 18.6. The lowest BCUT2D eigenvalue weighted by Gasteiger charge is -2.35. The van der Waals surface area contributed by atoms with E-state index in [1.165, 1.54) is 58.2 Å². The molecule has 2 spiro atoms. The third kappa shape index (κ3) is 25.5. The number of hydrogen-bond acceptors (Lipinski definition) is 16. The molecule has 2 saturated heterocycles. The summed E-state index contributed by atoms with van der Waals surface area (Å²) in [6, 6.07) is 3.45. The molecule has 3 fully saturated rings. The molecule has 19 nitrogen and oxygen atoms in total. The summed E-state index contributed by atoms with van der Waals surface area (Å²) in [4.78, 5) is 80.8. The molecule has 2 aromatic rings. The minimum atomic E-state index is -0.950. The van der Waals surface area contributed by atoms with Crippen LogP contribution in [0.3, 0.4) is 0 Å². The van der Waals surface area contributed by atoms with E-state index >= 15 is 0 Å². The van der Waals surface area contributed by atoms with Crippen LogP contribution >= 0.6 is 35.6 Å². The van der Waals surface area contributed by atoms with Crippen molar-refractivity contribution >= 4 is 177 Å². The van der Waals surface area contributed by atoms with Crippen molar-refractivity contribution in [2.24, 2.45) is 32.8 Å². The minimum absolute atomic E-state index is 0. The number of hydrogen-bond donors (Lipinski definition) is 2. The highest BCUT2D eigenvalue weighted by Crippen LogP contribution is 2.45. The second-order valence-electron chi connectivity index (χ2n) is 27.1. The maximum Gasteiger partial charge on any atom is 0.328 e. The quantitative estimate of drug-likeness (QED) is 0.0867. The Kier molecular flexibility index (Phi) is 36.7. The Labute approximate surface area is 636 Å². The van der Waals surface area contributed by atoms with Crippen LogP contribution in [-0.2, 0) is 43.1 Å². The summed E-state index contributed by atoms with van der Waals surface area (Å²) in [6.07, 6.45) is 4.17. The Morgan fingerprint density at radius 2 is 0.932 bits per heavy atom. The number of oxime groups is 2. The van der Waals surface area contributed by atoms with Crippen molar-refractivity contribution in [3.05, 3.63) is 127 Å². The number of nitrogens with one attached hydrogen (secondary N) is 1. The van der Waals surface area contributed by atoms with E-state index in [-0.39, 0.29) is 56.1 Å². The molecular weight excluding hydrogens is 1350 g/mol. The van der Waals surface area contributed by atoms with Crippen molar-refractivity contribution in [1.29, 1.82) is 0 Å². The molecule has 0 bridgehead atoms. The molecule has 3 N–H and O–H groups in total. The minimum Gasteiger partial charge on any atom is -0.496 e. The van der Waals surface area contributed by atoms with Gasteiger partial charge in [0.2, 0.25) is 17.7 Å². The molecule has 1 aliphatic carbocycles. The lowest BCUT2D eigenvalue weighted by Crippen LogP contribution is -2.72. The Balaban J connectivity index is 0.000000396. The molecule has 0 aromatic heterocycles. The monoisotopic (exact) mass is 1430 g/mol. The fourth-order valence-corrected chi connectivity index (χ4v) is 12.7. The zero-order chi connectivity index (χ0) is 76.5. The SMILES string of the molecule is C=C=C=C=C=C=C=C=C=C=C=C=C=C.COC(=O)[C@@H]1C[C@]2(CC(c3cc(Cl)c(OC)cc3OC)=NO2)CN1C(=O)[C@@H](N)C(C)(C)C.COC(=O)[C@@H]1C[C@]2(CC(c3cc(Cl)c(OC)cc3OC)=NO2)CN1C(=O)[C@@H](NC(=O)CC1CCCCCC1)C(C)(C)C.Cl.[B]B([B])B(B([B])[B])B(B([B])[B])B([B])[B]. The predicted octanol–water partition coefficient (Wildman–Crippen LogP) is 5.01. The molecule has 4 heterocycles. The van der Waals surface area contributed by atoms with Gasteiger partial charge >= 0.3 is 11.9 Å². The van der Waals surface area contributed by atoms with Crippen LogP contribution in [0.4, 0.5) is 0 Å². The summed E-state index contributed by atoms with van der Waals surface area (Å²) in [5.41, 5.74) is 35.2. The zero-order valence-corrected chi connectivity index (χ0v) is 63.1. The molecule has 6 atom stereocenters. The molecule has 4 aliphatic heterocycles. The number of carbonyl (C=O) groups is 5. The number of nitrogens with two attached hydrogens (primary N) is 1. The van der Waals surface area contributed by atoms with Crippen molar-refractivity contribution in [3.8, 4) is 23.0 Å². The third-order valence-electron chi connectivity index (χ3n) is 17.6. The number of benzene rings is 2. The number of likely N-dealkylation sites (tertiary alicyclic amines) is 2. The number of amides is 3. The van der Waals surface area contributed by atoms with Crippen LogP contribution in [0.25, 0.3) is 0 Å². The summed E-state index contributed by atoms with van der Waals surface area (Å²) in [5.74, 6) is 0.435. The number of halogens is 3. The lowest BCUT2D eigenvalue weighted by atomic mass is 8.47. The average molecular weight is 1430 g/mol. The average Bonchev–Trinajstić information content (AvgIpc) is 1.61. The first-order valence-corrected chi connectivity index (χ1v) is 33.6. The van der Waals surface area contributed by atoms with Gasteiger partial charge in [0.1, 0.15) is 41.1 Å². The van der Waals surface area contributed by atoms with E-state index in [9.17, 15) is 24.0 Å². The molecule has 5 aliphatic rings.